The maximum Gasteiger partial charge on any atom is 0.338 e. The summed E-state index contributed by atoms with van der Waals surface area (Å²) >= 11 is 0. The largest absolute Gasteiger partial charge is 0.467 e. The number of carbonyl (C=O) groups excluding carboxylic acids is 4. The van der Waals surface area contributed by atoms with E-state index in [0.717, 1.165) is 0 Å². The van der Waals surface area contributed by atoms with Crippen LogP contribution >= 0.6 is 0 Å². The second-order valence-corrected chi connectivity index (χ2v) is 6.80. The molecule has 0 fully saturated rings. The Morgan fingerprint density at radius 2 is 1.47 bits per heavy atom. The third-order valence-corrected chi connectivity index (χ3v) is 4.74. The van der Waals surface area contributed by atoms with Crippen LogP contribution in [0, 0.1) is 5.92 Å². The number of methoxy groups -OCH3 is 1. The fourth-order valence-corrected chi connectivity index (χ4v) is 2.74. The lowest BCUT2D eigenvalue weighted by atomic mass is 9.99. The minimum atomic E-state index is -0.811. The number of esters is 2. The molecule has 0 heterocycles. The highest BCUT2D eigenvalue weighted by molar-refractivity contribution is 6.09. The molecule has 0 aliphatic carbocycles. The van der Waals surface area contributed by atoms with Crippen LogP contribution in [-0.4, -0.2) is 43.4 Å². The van der Waals surface area contributed by atoms with E-state index >= 15 is 0 Å². The molecule has 7 heteroatoms. The molecule has 2 rings (SSSR count). The molecule has 0 saturated heterocycles. The van der Waals surface area contributed by atoms with Crippen LogP contribution in [-0.2, 0) is 19.1 Å². The SMILES string of the molecule is CC[C@@H](C)[C@H](NC(=O)COC(=O)c1ccc(C(=O)c2ccccc2)cc1)C(=O)OC. The van der Waals surface area contributed by atoms with Gasteiger partial charge in [-0.25, -0.2) is 9.59 Å². The monoisotopic (exact) mass is 411 g/mol. The van der Waals surface area contributed by atoms with E-state index in [1.165, 1.54) is 31.4 Å². The molecular weight excluding hydrogens is 386 g/mol. The van der Waals surface area contributed by atoms with Crippen LogP contribution in [0.2, 0.25) is 0 Å². The molecule has 2 aromatic carbocycles. The molecule has 0 spiro atoms. The van der Waals surface area contributed by atoms with Crippen molar-refractivity contribution in [2.75, 3.05) is 13.7 Å². The summed E-state index contributed by atoms with van der Waals surface area (Å²) in [5.41, 5.74) is 1.19. The fourth-order valence-electron chi connectivity index (χ4n) is 2.74. The van der Waals surface area contributed by atoms with E-state index in [4.69, 9.17) is 9.47 Å². The van der Waals surface area contributed by atoms with Crippen molar-refractivity contribution in [1.29, 1.82) is 0 Å². The van der Waals surface area contributed by atoms with Crippen molar-refractivity contribution in [2.24, 2.45) is 5.92 Å². The van der Waals surface area contributed by atoms with E-state index in [2.05, 4.69) is 5.32 Å². The predicted octanol–water partition coefficient (Wildman–Crippen LogP) is 2.78. The molecule has 0 bridgehead atoms. The third kappa shape index (κ3) is 6.01. The first kappa shape index (κ1) is 22.8. The molecule has 0 saturated carbocycles. The first-order valence-corrected chi connectivity index (χ1v) is 9.61. The van der Waals surface area contributed by atoms with Gasteiger partial charge in [0.25, 0.3) is 5.91 Å². The van der Waals surface area contributed by atoms with Gasteiger partial charge in [-0.1, -0.05) is 62.7 Å². The van der Waals surface area contributed by atoms with Crippen molar-refractivity contribution >= 4 is 23.6 Å². The Labute approximate surface area is 175 Å². The molecule has 2 aromatic rings. The molecule has 30 heavy (non-hydrogen) atoms. The van der Waals surface area contributed by atoms with Crippen LogP contribution in [0.4, 0.5) is 0 Å². The van der Waals surface area contributed by atoms with Gasteiger partial charge in [-0.2, -0.15) is 0 Å². The summed E-state index contributed by atoms with van der Waals surface area (Å²) in [5.74, 6) is -2.15. The molecule has 158 valence electrons. The van der Waals surface area contributed by atoms with Crippen LogP contribution in [0.3, 0.4) is 0 Å². The number of benzene rings is 2. The summed E-state index contributed by atoms with van der Waals surface area (Å²) < 4.78 is 9.72. The van der Waals surface area contributed by atoms with Crippen molar-refractivity contribution < 1.29 is 28.7 Å². The minimum absolute atomic E-state index is 0.133. The summed E-state index contributed by atoms with van der Waals surface area (Å²) in [6, 6.07) is 14.0. The zero-order chi connectivity index (χ0) is 22.1. The number of amides is 1. The van der Waals surface area contributed by atoms with Crippen LogP contribution in [0.25, 0.3) is 0 Å². The standard InChI is InChI=1S/C23H25NO6/c1-4-15(2)20(23(28)29-3)24-19(25)14-30-22(27)18-12-10-17(11-13-18)21(26)16-8-6-5-7-9-16/h5-13,15,20H,4,14H2,1-3H3,(H,24,25)/t15-,20+/m1/s1. The van der Waals surface area contributed by atoms with Gasteiger partial charge >= 0.3 is 11.9 Å². The quantitative estimate of drug-likeness (QED) is 0.503. The second-order valence-electron chi connectivity index (χ2n) is 6.80. The molecule has 1 amide bonds. The Balaban J connectivity index is 1.93. The first-order valence-electron chi connectivity index (χ1n) is 9.61. The van der Waals surface area contributed by atoms with Gasteiger partial charge in [-0.15, -0.1) is 0 Å². The Bertz CT molecular complexity index is 892. The van der Waals surface area contributed by atoms with E-state index in [0.29, 0.717) is 17.5 Å². The average Bonchev–Trinajstić information content (AvgIpc) is 2.80. The van der Waals surface area contributed by atoms with Gasteiger partial charge in [-0.3, -0.25) is 9.59 Å². The summed E-state index contributed by atoms with van der Waals surface area (Å²) in [4.78, 5) is 48.5. The molecule has 0 aromatic heterocycles. The predicted molar refractivity (Wildman–Crippen MR) is 110 cm³/mol. The third-order valence-electron chi connectivity index (χ3n) is 4.74. The Morgan fingerprint density at radius 3 is 2.03 bits per heavy atom. The van der Waals surface area contributed by atoms with Gasteiger partial charge < -0.3 is 14.8 Å². The Kier molecular flexibility index (Phi) is 8.29. The second kappa shape index (κ2) is 10.9. The van der Waals surface area contributed by atoms with Crippen molar-refractivity contribution in [2.45, 2.75) is 26.3 Å². The lowest BCUT2D eigenvalue weighted by Crippen LogP contribution is -2.47. The van der Waals surface area contributed by atoms with E-state index in [1.807, 2.05) is 19.9 Å². The van der Waals surface area contributed by atoms with Crippen LogP contribution in [0.15, 0.2) is 54.6 Å². The first-order chi connectivity index (χ1) is 14.4. The highest BCUT2D eigenvalue weighted by atomic mass is 16.5. The summed E-state index contributed by atoms with van der Waals surface area (Å²) in [7, 11) is 1.25. The number of hydrogen-bond donors (Lipinski definition) is 1. The topological polar surface area (TPSA) is 98.8 Å². The van der Waals surface area contributed by atoms with Crippen molar-refractivity contribution in [3.8, 4) is 0 Å². The number of ketones is 1. The summed E-state index contributed by atoms with van der Waals surface area (Å²) in [6.45, 7) is 3.17. The molecule has 2 atom stereocenters. The van der Waals surface area contributed by atoms with Gasteiger partial charge in [0.2, 0.25) is 0 Å². The van der Waals surface area contributed by atoms with E-state index in [-0.39, 0.29) is 17.3 Å². The fraction of sp³-hybridized carbons (Fsp3) is 0.304. The Hall–Kier alpha value is -3.48. The summed E-state index contributed by atoms with van der Waals surface area (Å²) in [5, 5.41) is 2.53. The zero-order valence-corrected chi connectivity index (χ0v) is 17.2. The van der Waals surface area contributed by atoms with Crippen LogP contribution in [0.5, 0.6) is 0 Å². The van der Waals surface area contributed by atoms with Crippen molar-refractivity contribution in [3.05, 3.63) is 71.3 Å². The highest BCUT2D eigenvalue weighted by Gasteiger charge is 2.27. The molecule has 0 aliphatic heterocycles. The van der Waals surface area contributed by atoms with Gasteiger partial charge in [0, 0.05) is 11.1 Å². The maximum absolute atomic E-state index is 12.4. The van der Waals surface area contributed by atoms with E-state index in [9.17, 15) is 19.2 Å². The number of hydrogen-bond acceptors (Lipinski definition) is 6. The lowest BCUT2D eigenvalue weighted by Gasteiger charge is -2.21. The lowest BCUT2D eigenvalue weighted by molar-refractivity contribution is -0.147. The molecule has 0 unspecified atom stereocenters. The van der Waals surface area contributed by atoms with Gasteiger partial charge in [0.05, 0.1) is 12.7 Å². The summed E-state index contributed by atoms with van der Waals surface area (Å²) in [6.07, 6.45) is 0.661. The van der Waals surface area contributed by atoms with Gasteiger partial charge in [0.15, 0.2) is 12.4 Å². The number of carbonyl (C=O) groups is 4. The van der Waals surface area contributed by atoms with Crippen molar-refractivity contribution in [1.82, 2.24) is 5.32 Å². The van der Waals surface area contributed by atoms with Crippen LogP contribution < -0.4 is 5.32 Å². The molecule has 7 nitrogen and oxygen atoms in total. The smallest absolute Gasteiger partial charge is 0.338 e. The van der Waals surface area contributed by atoms with Crippen LogP contribution in [0.1, 0.15) is 46.5 Å². The van der Waals surface area contributed by atoms with E-state index < -0.39 is 30.5 Å². The average molecular weight is 411 g/mol. The number of ether oxygens (including phenoxy) is 2. The molecule has 1 N–H and O–H groups in total. The van der Waals surface area contributed by atoms with Gasteiger partial charge in [-0.05, 0) is 18.1 Å². The normalized spacial score (nSPS) is 12.4. The number of rotatable bonds is 9. The highest BCUT2D eigenvalue weighted by Crippen LogP contribution is 2.12. The van der Waals surface area contributed by atoms with Crippen molar-refractivity contribution in [3.63, 3.8) is 0 Å². The van der Waals surface area contributed by atoms with E-state index in [1.54, 1.807) is 24.3 Å². The number of nitrogens with one attached hydrogen (secondary N) is 1. The maximum atomic E-state index is 12.4. The molecular formula is C23H25NO6. The Morgan fingerprint density at radius 1 is 0.900 bits per heavy atom. The van der Waals surface area contributed by atoms with Gasteiger partial charge in [0.1, 0.15) is 6.04 Å². The molecule has 0 aliphatic rings. The zero-order valence-electron chi connectivity index (χ0n) is 17.2. The molecule has 0 radical (unpaired) electrons. The minimum Gasteiger partial charge on any atom is -0.467 e.